The number of carbonyl (C=O) groups excluding carboxylic acids is 3. The number of rotatable bonds is 4. The van der Waals surface area contributed by atoms with Gasteiger partial charge in [0.2, 0.25) is 11.8 Å². The van der Waals surface area contributed by atoms with Crippen molar-refractivity contribution < 1.29 is 19.1 Å². The maximum Gasteiger partial charge on any atom is 0.326 e. The first-order valence-corrected chi connectivity index (χ1v) is 8.10. The number of hydrogen-bond donors (Lipinski definition) is 0. The second-order valence-electron chi connectivity index (χ2n) is 6.19. The number of carbonyl (C=O) groups is 3. The molecular weight excluding hydrogens is 308 g/mol. The summed E-state index contributed by atoms with van der Waals surface area (Å²) in [6.45, 7) is -0.398. The Bertz CT molecular complexity index is 698. The fourth-order valence-electron chi connectivity index (χ4n) is 3.48. The lowest BCUT2D eigenvalue weighted by Crippen LogP contribution is -2.36. The van der Waals surface area contributed by atoms with Crippen molar-refractivity contribution in [3.63, 3.8) is 0 Å². The molecule has 2 aliphatic rings. The van der Waals surface area contributed by atoms with E-state index >= 15 is 0 Å². The van der Waals surface area contributed by atoms with Crippen molar-refractivity contribution >= 4 is 17.8 Å². The van der Waals surface area contributed by atoms with Crippen molar-refractivity contribution in [3.05, 3.63) is 35.4 Å². The maximum absolute atomic E-state index is 12.3. The molecule has 0 aromatic heterocycles. The first-order chi connectivity index (χ1) is 11.6. The third-order valence-corrected chi connectivity index (χ3v) is 4.75. The van der Waals surface area contributed by atoms with E-state index in [9.17, 15) is 14.4 Å². The van der Waals surface area contributed by atoms with Crippen molar-refractivity contribution in [2.24, 2.45) is 11.8 Å². The van der Waals surface area contributed by atoms with E-state index < -0.39 is 5.97 Å². The van der Waals surface area contributed by atoms with Gasteiger partial charge in [-0.15, -0.1) is 0 Å². The summed E-state index contributed by atoms with van der Waals surface area (Å²) in [7, 11) is 0. The van der Waals surface area contributed by atoms with Gasteiger partial charge in [0, 0.05) is 5.56 Å². The Kier molecular flexibility index (Phi) is 4.61. The Morgan fingerprint density at radius 2 is 1.79 bits per heavy atom. The molecule has 1 aliphatic carbocycles. The fraction of sp³-hybridized carbons (Fsp3) is 0.444. The summed E-state index contributed by atoms with van der Waals surface area (Å²) in [4.78, 5) is 37.7. The van der Waals surface area contributed by atoms with Crippen LogP contribution in [0, 0.1) is 23.2 Å². The van der Waals surface area contributed by atoms with Crippen molar-refractivity contribution in [2.75, 3.05) is 6.54 Å². The Morgan fingerprint density at radius 3 is 2.42 bits per heavy atom. The average Bonchev–Trinajstić information content (AvgIpc) is 2.85. The number of imide groups is 1. The van der Waals surface area contributed by atoms with Crippen molar-refractivity contribution in [1.82, 2.24) is 4.90 Å². The van der Waals surface area contributed by atoms with Crippen LogP contribution in [-0.2, 0) is 25.7 Å². The standard InChI is InChI=1S/C18H18N2O4/c19-9-12-5-1-2-6-13(12)11-24-16(21)10-20-17(22)14-7-3-4-8-15(14)18(20)23/h1-2,5-6,14-15H,3-4,7-8,10-11H2/t14-,15-/m0/s1. The van der Waals surface area contributed by atoms with Crippen molar-refractivity contribution in [1.29, 1.82) is 5.26 Å². The van der Waals surface area contributed by atoms with E-state index in [-0.39, 0.29) is 36.8 Å². The minimum Gasteiger partial charge on any atom is -0.459 e. The lowest BCUT2D eigenvalue weighted by atomic mass is 9.81. The molecule has 0 bridgehead atoms. The zero-order valence-corrected chi connectivity index (χ0v) is 13.2. The highest BCUT2D eigenvalue weighted by atomic mass is 16.5. The van der Waals surface area contributed by atoms with Crippen LogP contribution >= 0.6 is 0 Å². The Morgan fingerprint density at radius 1 is 1.17 bits per heavy atom. The molecule has 0 spiro atoms. The van der Waals surface area contributed by atoms with E-state index in [2.05, 4.69) is 0 Å². The van der Waals surface area contributed by atoms with E-state index in [0.29, 0.717) is 11.1 Å². The van der Waals surface area contributed by atoms with Gasteiger partial charge in [-0.25, -0.2) is 0 Å². The van der Waals surface area contributed by atoms with Gasteiger partial charge in [0.15, 0.2) is 0 Å². The van der Waals surface area contributed by atoms with Crippen LogP contribution in [0.15, 0.2) is 24.3 Å². The normalized spacial score (nSPS) is 22.9. The highest BCUT2D eigenvalue weighted by Gasteiger charge is 2.48. The van der Waals surface area contributed by atoms with E-state index in [1.807, 2.05) is 6.07 Å². The molecule has 6 nitrogen and oxygen atoms in total. The number of hydrogen-bond acceptors (Lipinski definition) is 5. The summed E-state index contributed by atoms with van der Waals surface area (Å²) < 4.78 is 5.15. The Hall–Kier alpha value is -2.68. The quantitative estimate of drug-likeness (QED) is 0.621. The first-order valence-electron chi connectivity index (χ1n) is 8.10. The summed E-state index contributed by atoms with van der Waals surface area (Å²) in [5.74, 6) is -1.67. The Balaban J connectivity index is 1.60. The number of nitriles is 1. The molecule has 1 aliphatic heterocycles. The average molecular weight is 326 g/mol. The maximum atomic E-state index is 12.3. The number of ether oxygens (including phenoxy) is 1. The molecule has 0 N–H and O–H groups in total. The van der Waals surface area contributed by atoms with Gasteiger partial charge in [0.25, 0.3) is 0 Å². The van der Waals surface area contributed by atoms with Crippen LogP contribution in [0.3, 0.4) is 0 Å². The SMILES string of the molecule is N#Cc1ccccc1COC(=O)CN1C(=O)[C@H]2CCCC[C@@H]2C1=O. The van der Waals surface area contributed by atoms with E-state index in [1.54, 1.807) is 24.3 Å². The number of esters is 1. The van der Waals surface area contributed by atoms with Gasteiger partial charge >= 0.3 is 5.97 Å². The molecule has 1 saturated heterocycles. The number of fused-ring (bicyclic) bond motifs is 1. The molecule has 1 aromatic rings. The summed E-state index contributed by atoms with van der Waals surface area (Å²) >= 11 is 0. The second-order valence-corrected chi connectivity index (χ2v) is 6.19. The minimum atomic E-state index is -0.636. The molecule has 3 rings (SSSR count). The van der Waals surface area contributed by atoms with Crippen LogP contribution in [0.1, 0.15) is 36.8 Å². The topological polar surface area (TPSA) is 87.5 Å². The fourth-order valence-corrected chi connectivity index (χ4v) is 3.48. The number of likely N-dealkylation sites (tertiary alicyclic amines) is 1. The molecule has 6 heteroatoms. The molecule has 24 heavy (non-hydrogen) atoms. The monoisotopic (exact) mass is 326 g/mol. The number of amides is 2. The summed E-state index contributed by atoms with van der Waals surface area (Å²) in [6, 6.07) is 8.85. The van der Waals surface area contributed by atoms with Crippen molar-refractivity contribution in [3.8, 4) is 6.07 Å². The van der Waals surface area contributed by atoms with Crippen LogP contribution in [0.2, 0.25) is 0 Å². The summed E-state index contributed by atoms with van der Waals surface area (Å²) in [6.07, 6.45) is 3.33. The van der Waals surface area contributed by atoms with E-state index in [1.165, 1.54) is 0 Å². The molecule has 0 unspecified atom stereocenters. The van der Waals surface area contributed by atoms with Gasteiger partial charge in [-0.05, 0) is 18.9 Å². The predicted molar refractivity (Wildman–Crippen MR) is 83.1 cm³/mol. The van der Waals surface area contributed by atoms with Gasteiger partial charge in [0.1, 0.15) is 13.2 Å². The van der Waals surface area contributed by atoms with Crippen LogP contribution in [0.4, 0.5) is 0 Å². The molecule has 1 saturated carbocycles. The van der Waals surface area contributed by atoms with Crippen LogP contribution in [0.5, 0.6) is 0 Å². The number of nitrogens with zero attached hydrogens (tertiary/aromatic N) is 2. The van der Waals surface area contributed by atoms with E-state index in [4.69, 9.17) is 10.00 Å². The van der Waals surface area contributed by atoms with Gasteiger partial charge in [-0.2, -0.15) is 5.26 Å². The lowest BCUT2D eigenvalue weighted by molar-refractivity contribution is -0.153. The highest BCUT2D eigenvalue weighted by Crippen LogP contribution is 2.37. The van der Waals surface area contributed by atoms with E-state index in [0.717, 1.165) is 30.6 Å². The zero-order chi connectivity index (χ0) is 17.1. The third-order valence-electron chi connectivity index (χ3n) is 4.75. The largest absolute Gasteiger partial charge is 0.459 e. The van der Waals surface area contributed by atoms with Gasteiger partial charge in [-0.1, -0.05) is 31.0 Å². The van der Waals surface area contributed by atoms with Gasteiger partial charge < -0.3 is 4.74 Å². The van der Waals surface area contributed by atoms with Gasteiger partial charge in [-0.3, -0.25) is 19.3 Å². The van der Waals surface area contributed by atoms with Gasteiger partial charge in [0.05, 0.1) is 23.5 Å². The lowest BCUT2D eigenvalue weighted by Gasteiger charge is -2.19. The molecule has 0 radical (unpaired) electrons. The molecule has 2 atom stereocenters. The predicted octanol–water partition coefficient (Wildman–Crippen LogP) is 1.78. The molecule has 2 fully saturated rings. The molecule has 124 valence electrons. The molecule has 1 heterocycles. The summed E-state index contributed by atoms with van der Waals surface area (Å²) in [5, 5.41) is 9.01. The molecule has 2 amide bonds. The third kappa shape index (κ3) is 3.02. The summed E-state index contributed by atoms with van der Waals surface area (Å²) in [5.41, 5.74) is 1.03. The molecule has 1 aromatic carbocycles. The first kappa shape index (κ1) is 16.2. The number of benzene rings is 1. The van der Waals surface area contributed by atoms with Crippen LogP contribution < -0.4 is 0 Å². The minimum absolute atomic E-state index is 0.0500. The van der Waals surface area contributed by atoms with Crippen molar-refractivity contribution in [2.45, 2.75) is 32.3 Å². The van der Waals surface area contributed by atoms with Crippen LogP contribution in [-0.4, -0.2) is 29.2 Å². The highest BCUT2D eigenvalue weighted by molar-refractivity contribution is 6.07. The Labute approximate surface area is 140 Å². The smallest absolute Gasteiger partial charge is 0.326 e. The molecular formula is C18H18N2O4. The second kappa shape index (κ2) is 6.83. The van der Waals surface area contributed by atoms with Crippen LogP contribution in [0.25, 0.3) is 0 Å². The zero-order valence-electron chi connectivity index (χ0n) is 13.2.